The van der Waals surface area contributed by atoms with Crippen molar-refractivity contribution < 1.29 is 23.8 Å². The summed E-state index contributed by atoms with van der Waals surface area (Å²) in [5, 5.41) is 15.9. The topological polar surface area (TPSA) is 160 Å². The van der Waals surface area contributed by atoms with Crippen LogP contribution in [-0.2, 0) is 22.7 Å². The van der Waals surface area contributed by atoms with Crippen LogP contribution in [0.4, 0.5) is 10.1 Å². The van der Waals surface area contributed by atoms with E-state index in [9.17, 15) is 24.3 Å². The minimum atomic E-state index is -1.17. The molecule has 5 rings (SSSR count). The van der Waals surface area contributed by atoms with E-state index in [-0.39, 0.29) is 24.2 Å². The third kappa shape index (κ3) is 6.57. The Hall–Kier alpha value is -5.53. The summed E-state index contributed by atoms with van der Waals surface area (Å²) in [6.45, 7) is 3.96. The number of amides is 2. The van der Waals surface area contributed by atoms with Crippen LogP contribution in [0.3, 0.4) is 0 Å². The van der Waals surface area contributed by atoms with E-state index in [1.54, 1.807) is 25.2 Å². The van der Waals surface area contributed by atoms with Gasteiger partial charge < -0.3 is 30.4 Å². The highest BCUT2D eigenvalue weighted by molar-refractivity contribution is 6.23. The minimum absolute atomic E-state index is 0.0697. The van der Waals surface area contributed by atoms with Gasteiger partial charge in [-0.3, -0.25) is 24.3 Å². The van der Waals surface area contributed by atoms with E-state index in [1.165, 1.54) is 37.5 Å². The van der Waals surface area contributed by atoms with Gasteiger partial charge in [-0.2, -0.15) is 0 Å². The Morgan fingerprint density at radius 1 is 1.00 bits per heavy atom. The highest BCUT2D eigenvalue weighted by Gasteiger charge is 2.32. The van der Waals surface area contributed by atoms with Crippen LogP contribution in [0.1, 0.15) is 22.3 Å². The maximum absolute atomic E-state index is 15.6. The summed E-state index contributed by atoms with van der Waals surface area (Å²) >= 11 is 0. The van der Waals surface area contributed by atoms with Crippen molar-refractivity contribution in [2.45, 2.75) is 33.3 Å². The summed E-state index contributed by atoms with van der Waals surface area (Å²) in [6, 6.07) is 14.3. The van der Waals surface area contributed by atoms with Crippen molar-refractivity contribution in [3.8, 4) is 28.0 Å². The Morgan fingerprint density at radius 2 is 1.68 bits per heavy atom. The summed E-state index contributed by atoms with van der Waals surface area (Å²) in [7, 11) is 4.43. The Morgan fingerprint density at radius 3 is 2.38 bits per heavy atom. The highest BCUT2D eigenvalue weighted by atomic mass is 19.1. The first-order valence-corrected chi connectivity index (χ1v) is 14.7. The number of aromatic nitrogens is 2. The number of H-pyrrole nitrogens is 2. The second-order valence-electron chi connectivity index (χ2n) is 11.2. The number of ether oxygens (including phenoxy) is 1. The van der Waals surface area contributed by atoms with E-state index in [0.29, 0.717) is 22.6 Å². The molecule has 47 heavy (non-hydrogen) atoms. The zero-order chi connectivity index (χ0) is 34.0. The van der Waals surface area contributed by atoms with E-state index >= 15 is 4.39 Å². The summed E-state index contributed by atoms with van der Waals surface area (Å²) in [6.07, 6.45) is 1.46. The lowest BCUT2D eigenvalue weighted by molar-refractivity contribution is -0.148. The number of aliphatic hydroxyl groups is 1. The fourth-order valence-electron chi connectivity index (χ4n) is 5.55. The van der Waals surface area contributed by atoms with Gasteiger partial charge in [-0.15, -0.1) is 0 Å². The predicted octanol–water partition coefficient (Wildman–Crippen LogP) is 2.95. The van der Waals surface area contributed by atoms with Gasteiger partial charge in [0, 0.05) is 56.4 Å². The molecule has 2 heterocycles. The molecule has 12 nitrogen and oxygen atoms in total. The summed E-state index contributed by atoms with van der Waals surface area (Å²) in [5.41, 5.74) is 4.54. The molecule has 1 aliphatic heterocycles. The molecule has 244 valence electrons. The normalized spacial score (nSPS) is 14.7. The van der Waals surface area contributed by atoms with Gasteiger partial charge >= 0.3 is 5.69 Å². The zero-order valence-electron chi connectivity index (χ0n) is 26.5. The van der Waals surface area contributed by atoms with Crippen molar-refractivity contribution in [2.75, 3.05) is 26.5 Å². The molecule has 1 aromatic heterocycles. The average molecular weight is 643 g/mol. The second-order valence-corrected chi connectivity index (χ2v) is 11.2. The summed E-state index contributed by atoms with van der Waals surface area (Å²) < 4.78 is 21.1. The Labute approximate surface area is 269 Å². The van der Waals surface area contributed by atoms with Crippen LogP contribution in [0.25, 0.3) is 22.3 Å². The third-order valence-corrected chi connectivity index (χ3v) is 8.24. The number of benzene rings is 3. The van der Waals surface area contributed by atoms with Gasteiger partial charge in [0.25, 0.3) is 17.4 Å². The van der Waals surface area contributed by atoms with Crippen LogP contribution < -0.4 is 26.6 Å². The number of hydrogen-bond acceptors (Lipinski definition) is 8. The largest absolute Gasteiger partial charge is 0.496 e. The number of aliphatic hydroxyl groups excluding tert-OH is 1. The number of likely N-dealkylation sites (N-methyl/N-ethyl adjacent to an activating group) is 1. The number of nitrogens with zero attached hydrogens (tertiary/aromatic N) is 2. The van der Waals surface area contributed by atoms with Gasteiger partial charge in [-0.1, -0.05) is 30.3 Å². The number of anilines is 1. The smallest absolute Gasteiger partial charge is 0.325 e. The van der Waals surface area contributed by atoms with Gasteiger partial charge in [0.15, 0.2) is 0 Å². The van der Waals surface area contributed by atoms with Gasteiger partial charge in [-0.25, -0.2) is 9.18 Å². The van der Waals surface area contributed by atoms with Crippen molar-refractivity contribution in [1.29, 1.82) is 0 Å². The molecule has 4 aromatic rings. The van der Waals surface area contributed by atoms with Crippen molar-refractivity contribution in [1.82, 2.24) is 25.1 Å². The van der Waals surface area contributed by atoms with Gasteiger partial charge in [-0.05, 0) is 65.4 Å². The lowest BCUT2D eigenvalue weighted by Gasteiger charge is -2.35. The molecular weight excluding hydrogens is 607 g/mol. The van der Waals surface area contributed by atoms with Crippen LogP contribution >= 0.6 is 0 Å². The van der Waals surface area contributed by atoms with Crippen LogP contribution in [-0.4, -0.2) is 64.2 Å². The Balaban J connectivity index is 1.41. The molecule has 0 spiro atoms. The number of rotatable bonds is 9. The van der Waals surface area contributed by atoms with Crippen molar-refractivity contribution in [3.63, 3.8) is 0 Å². The summed E-state index contributed by atoms with van der Waals surface area (Å²) in [5.74, 6) is -1.37. The zero-order valence-corrected chi connectivity index (χ0v) is 26.5. The van der Waals surface area contributed by atoms with Crippen molar-refractivity contribution in [2.24, 2.45) is 0 Å². The van der Waals surface area contributed by atoms with Crippen LogP contribution in [0.15, 0.2) is 76.1 Å². The third-order valence-electron chi connectivity index (χ3n) is 8.24. The second kappa shape index (κ2) is 13.4. The number of carbonyl (C=O) groups is 2. The maximum Gasteiger partial charge on any atom is 0.325 e. The quantitative estimate of drug-likeness (QED) is 0.174. The average Bonchev–Trinajstić information content (AvgIpc) is 3.04. The first-order valence-electron chi connectivity index (χ1n) is 14.7. The van der Waals surface area contributed by atoms with E-state index in [0.717, 1.165) is 32.7 Å². The van der Waals surface area contributed by atoms with Gasteiger partial charge in [0.2, 0.25) is 6.35 Å². The molecule has 0 saturated heterocycles. The fraction of sp³-hybridized carbons (Fsp3) is 0.235. The summed E-state index contributed by atoms with van der Waals surface area (Å²) in [4.78, 5) is 56.1. The van der Waals surface area contributed by atoms with Gasteiger partial charge in [0.1, 0.15) is 17.1 Å². The van der Waals surface area contributed by atoms with E-state index in [4.69, 9.17) is 4.74 Å². The molecule has 0 saturated carbocycles. The molecule has 13 heteroatoms. The van der Waals surface area contributed by atoms with Crippen LogP contribution in [0.2, 0.25) is 0 Å². The number of nitrogens with one attached hydrogen (secondary N) is 4. The molecule has 1 atom stereocenters. The number of aromatic amines is 2. The highest BCUT2D eigenvalue weighted by Crippen LogP contribution is 2.38. The molecule has 0 radical (unpaired) electrons. The first kappa shape index (κ1) is 32.9. The molecule has 0 aliphatic carbocycles. The monoisotopic (exact) mass is 642 g/mol. The van der Waals surface area contributed by atoms with E-state index in [2.05, 4.69) is 20.6 Å². The lowest BCUT2D eigenvalue weighted by atomic mass is 9.90. The lowest BCUT2D eigenvalue weighted by Crippen LogP contribution is -2.51. The number of halogens is 1. The molecular formula is C34H35FN6O6. The van der Waals surface area contributed by atoms with Crippen molar-refractivity contribution in [3.05, 3.63) is 115 Å². The Kier molecular flexibility index (Phi) is 9.40. The van der Waals surface area contributed by atoms with Crippen LogP contribution in [0, 0.1) is 19.7 Å². The number of methoxy groups -OCH3 is 1. The Bertz CT molecular complexity index is 2020. The molecule has 1 unspecified atom stereocenters. The molecule has 0 bridgehead atoms. The number of carbonyl (C=O) groups excluding carboxylic acids is 2. The van der Waals surface area contributed by atoms with Crippen molar-refractivity contribution >= 4 is 17.5 Å². The van der Waals surface area contributed by atoms with Crippen LogP contribution in [0.5, 0.6) is 5.75 Å². The van der Waals surface area contributed by atoms with E-state index < -0.39 is 35.2 Å². The van der Waals surface area contributed by atoms with E-state index in [1.807, 2.05) is 38.1 Å². The standard InChI is InChI=1S/C34H35FN6O6/c1-18-22(20-12-27(35)25(29(13-20)47-5)16-36-14-21-15-37-33(45)39-30(21)42)8-6-9-23(18)24-10-7-11-28(19(24)2)38-31(43)26-17-40(3)34(46)41(4)32(26)44/h6-13,15,17,34,36,46H,14,16H2,1-5H3,(H,38,43)(H2,37,39,42,45). The molecule has 3 aromatic carbocycles. The SMILES string of the molecule is COc1cc(-c2cccc(-c3cccc(NC(=O)C4=CN(C)C(O)N(C)C4=O)c3C)c2C)cc(F)c1CNCc1c[nH]c(=O)[nH]c1=O. The molecule has 5 N–H and O–H groups in total. The predicted molar refractivity (Wildman–Crippen MR) is 175 cm³/mol. The molecule has 2 amide bonds. The minimum Gasteiger partial charge on any atom is -0.496 e. The first-order chi connectivity index (χ1) is 22.4. The number of hydrogen-bond donors (Lipinski definition) is 5. The van der Waals surface area contributed by atoms with Gasteiger partial charge in [0.05, 0.1) is 7.11 Å². The molecule has 0 fully saturated rings. The fourth-order valence-corrected chi connectivity index (χ4v) is 5.55. The maximum atomic E-state index is 15.6. The molecule has 1 aliphatic rings.